The van der Waals surface area contributed by atoms with E-state index in [9.17, 15) is 30.6 Å². The Labute approximate surface area is 148 Å². The van der Waals surface area contributed by atoms with Crippen LogP contribution in [0.15, 0.2) is 12.5 Å². The molecule has 12 heteroatoms. The zero-order valence-corrected chi connectivity index (χ0v) is 13.6. The van der Waals surface area contributed by atoms with Gasteiger partial charge in [-0.2, -0.15) is 0 Å². The van der Waals surface area contributed by atoms with Crippen LogP contribution in [0.1, 0.15) is 0 Å². The standard InChI is InChI=1S/C12H22O11.C2H2O/c13-1-4-6(16)8(18)9(19)11(21-4)23-12(3-15)10(20)7(17)5(2-14)22-12;1-2-3-1/h4-11,13-20H,1-3H2;1-2H/t4-,5-,6-,7-,8+,9-,10+,11-,12?;/m1./s1. The summed E-state index contributed by atoms with van der Waals surface area (Å²) in [7, 11) is 0. The topological polar surface area (TPSA) is 202 Å². The summed E-state index contributed by atoms with van der Waals surface area (Å²) >= 11 is 0. The van der Waals surface area contributed by atoms with Crippen LogP contribution in [0.2, 0.25) is 0 Å². The molecule has 0 amide bonds. The summed E-state index contributed by atoms with van der Waals surface area (Å²) in [6.07, 6.45) is -9.40. The second kappa shape index (κ2) is 8.86. The molecule has 9 atom stereocenters. The summed E-state index contributed by atoms with van der Waals surface area (Å²) in [4.78, 5) is 0. The summed E-state index contributed by atoms with van der Waals surface area (Å²) in [6, 6.07) is 0. The van der Waals surface area contributed by atoms with Gasteiger partial charge in [0, 0.05) is 0 Å². The van der Waals surface area contributed by atoms with E-state index in [1.807, 2.05) is 0 Å². The third-order valence-corrected chi connectivity index (χ3v) is 4.21. The molecular weight excluding hydrogens is 360 g/mol. The van der Waals surface area contributed by atoms with Crippen molar-refractivity contribution in [1.82, 2.24) is 0 Å². The Hall–Kier alpha value is -0.900. The first-order chi connectivity index (χ1) is 12.3. The molecule has 0 bridgehead atoms. The van der Waals surface area contributed by atoms with Crippen molar-refractivity contribution in [3.8, 4) is 0 Å². The zero-order chi connectivity index (χ0) is 19.5. The molecule has 3 aliphatic rings. The summed E-state index contributed by atoms with van der Waals surface area (Å²) in [5.74, 6) is -2.22. The molecule has 0 radical (unpaired) electrons. The van der Waals surface area contributed by atoms with Crippen molar-refractivity contribution in [1.29, 1.82) is 0 Å². The lowest BCUT2D eigenvalue weighted by atomic mass is 9.99. The van der Waals surface area contributed by atoms with E-state index in [2.05, 4.69) is 4.74 Å². The fraction of sp³-hybridized carbons (Fsp3) is 0.857. The summed E-state index contributed by atoms with van der Waals surface area (Å²) < 4.78 is 19.7. The monoisotopic (exact) mass is 384 g/mol. The molecule has 152 valence electrons. The maximum absolute atomic E-state index is 10.00. The Morgan fingerprint density at radius 3 is 1.81 bits per heavy atom. The van der Waals surface area contributed by atoms with Crippen molar-refractivity contribution in [3.05, 3.63) is 12.5 Å². The number of ether oxygens (including phenoxy) is 4. The Bertz CT molecular complexity index is 469. The van der Waals surface area contributed by atoms with E-state index >= 15 is 0 Å². The Morgan fingerprint density at radius 1 is 0.808 bits per heavy atom. The average Bonchev–Trinajstić information content (AvgIpc) is 3.51. The van der Waals surface area contributed by atoms with Crippen LogP contribution in [0.25, 0.3) is 0 Å². The van der Waals surface area contributed by atoms with Gasteiger partial charge in [-0.25, -0.2) is 0 Å². The van der Waals surface area contributed by atoms with Crippen LogP contribution >= 0.6 is 0 Å². The summed E-state index contributed by atoms with van der Waals surface area (Å²) in [5, 5.41) is 76.7. The highest BCUT2D eigenvalue weighted by Crippen LogP contribution is 2.35. The van der Waals surface area contributed by atoms with Crippen molar-refractivity contribution in [2.75, 3.05) is 19.8 Å². The van der Waals surface area contributed by atoms with Crippen LogP contribution in [-0.2, 0) is 18.9 Å². The minimum Gasteiger partial charge on any atom is -0.466 e. The van der Waals surface area contributed by atoms with Crippen LogP contribution in [0, 0.1) is 0 Å². The van der Waals surface area contributed by atoms with Gasteiger partial charge in [0.25, 0.3) is 0 Å². The molecule has 3 aliphatic heterocycles. The van der Waals surface area contributed by atoms with E-state index in [-0.39, 0.29) is 0 Å². The van der Waals surface area contributed by atoms with Gasteiger partial charge in [-0.1, -0.05) is 0 Å². The van der Waals surface area contributed by atoms with Crippen LogP contribution in [0.3, 0.4) is 0 Å². The number of hydrogen-bond acceptors (Lipinski definition) is 12. The van der Waals surface area contributed by atoms with Gasteiger partial charge in [0.05, 0.1) is 13.2 Å². The molecule has 0 spiro atoms. The second-order valence-electron chi connectivity index (χ2n) is 5.97. The summed E-state index contributed by atoms with van der Waals surface area (Å²) in [5.41, 5.74) is 0. The van der Waals surface area contributed by atoms with E-state index in [4.69, 9.17) is 24.4 Å². The molecule has 0 aromatic heterocycles. The van der Waals surface area contributed by atoms with Gasteiger partial charge in [-0.3, -0.25) is 0 Å². The van der Waals surface area contributed by atoms with Gasteiger partial charge in [0.15, 0.2) is 6.29 Å². The smallest absolute Gasteiger partial charge is 0.224 e. The third kappa shape index (κ3) is 4.32. The fourth-order valence-electron chi connectivity index (χ4n) is 2.63. The average molecular weight is 384 g/mol. The predicted molar refractivity (Wildman–Crippen MR) is 78.9 cm³/mol. The van der Waals surface area contributed by atoms with E-state index in [1.165, 1.54) is 0 Å². The molecule has 2 saturated heterocycles. The van der Waals surface area contributed by atoms with Crippen molar-refractivity contribution >= 4 is 0 Å². The minimum absolute atomic E-state index is 0.669. The Kier molecular flexibility index (Phi) is 7.29. The van der Waals surface area contributed by atoms with Crippen molar-refractivity contribution in [2.24, 2.45) is 0 Å². The van der Waals surface area contributed by atoms with Gasteiger partial charge in [0.1, 0.15) is 61.9 Å². The molecule has 0 aromatic carbocycles. The SMILES string of the molecule is C1=CO1.OC[C@H]1OC(CO)(O[C@H]2O[C@H](CO)[C@@H](O)[C@H](O)[C@H]2O)[C@@H](O)[C@@H]1O. The quantitative estimate of drug-likeness (QED) is 0.225. The number of aliphatic hydroxyl groups excluding tert-OH is 8. The van der Waals surface area contributed by atoms with E-state index in [0.29, 0.717) is 0 Å². The first-order valence-corrected chi connectivity index (χ1v) is 7.85. The largest absolute Gasteiger partial charge is 0.466 e. The molecular formula is C14H24O12. The van der Waals surface area contributed by atoms with Crippen LogP contribution in [0.5, 0.6) is 0 Å². The first-order valence-electron chi connectivity index (χ1n) is 7.85. The minimum atomic E-state index is -2.22. The van der Waals surface area contributed by atoms with Crippen LogP contribution in [0.4, 0.5) is 0 Å². The molecule has 26 heavy (non-hydrogen) atoms. The number of aliphatic hydroxyl groups is 8. The highest BCUT2D eigenvalue weighted by Gasteiger charge is 2.58. The second-order valence-corrected chi connectivity index (χ2v) is 5.97. The lowest BCUT2D eigenvalue weighted by molar-refractivity contribution is -0.383. The molecule has 8 N–H and O–H groups in total. The zero-order valence-electron chi connectivity index (χ0n) is 13.6. The molecule has 0 saturated carbocycles. The van der Waals surface area contributed by atoms with Gasteiger partial charge in [0.2, 0.25) is 5.79 Å². The molecule has 0 aromatic rings. The van der Waals surface area contributed by atoms with Crippen LogP contribution < -0.4 is 0 Å². The normalized spacial score (nSPS) is 47.1. The molecule has 3 rings (SSSR count). The predicted octanol–water partition coefficient (Wildman–Crippen LogP) is -4.91. The molecule has 3 heterocycles. The van der Waals surface area contributed by atoms with E-state index < -0.39 is 74.6 Å². The highest BCUT2D eigenvalue weighted by molar-refractivity contribution is 4.98. The molecule has 2 fully saturated rings. The van der Waals surface area contributed by atoms with Gasteiger partial charge >= 0.3 is 0 Å². The van der Waals surface area contributed by atoms with Gasteiger partial charge < -0.3 is 59.8 Å². The molecule has 12 nitrogen and oxygen atoms in total. The first kappa shape index (κ1) is 21.4. The maximum atomic E-state index is 10.00. The fourth-order valence-corrected chi connectivity index (χ4v) is 2.63. The third-order valence-electron chi connectivity index (χ3n) is 4.21. The maximum Gasteiger partial charge on any atom is 0.224 e. The lowest BCUT2D eigenvalue weighted by Gasteiger charge is -2.43. The van der Waals surface area contributed by atoms with E-state index in [1.54, 1.807) is 12.5 Å². The highest BCUT2D eigenvalue weighted by atomic mass is 16.8. The summed E-state index contributed by atoms with van der Waals surface area (Å²) in [6.45, 7) is -2.32. The molecule has 0 aliphatic carbocycles. The Balaban J connectivity index is 0.000000732. The van der Waals surface area contributed by atoms with E-state index in [0.717, 1.165) is 0 Å². The lowest BCUT2D eigenvalue weighted by Crippen LogP contribution is -2.62. The van der Waals surface area contributed by atoms with Crippen molar-refractivity contribution < 1.29 is 59.8 Å². The number of hydrogen-bond donors (Lipinski definition) is 8. The van der Waals surface area contributed by atoms with Crippen LogP contribution in [-0.4, -0.2) is 115 Å². The van der Waals surface area contributed by atoms with Gasteiger partial charge in [-0.15, -0.1) is 0 Å². The number of rotatable bonds is 5. The van der Waals surface area contributed by atoms with Crippen molar-refractivity contribution in [2.45, 2.75) is 54.8 Å². The Morgan fingerprint density at radius 2 is 1.38 bits per heavy atom. The van der Waals surface area contributed by atoms with Crippen molar-refractivity contribution in [3.63, 3.8) is 0 Å². The molecule has 1 unspecified atom stereocenters. The van der Waals surface area contributed by atoms with Gasteiger partial charge in [-0.05, 0) is 0 Å².